The fourth-order valence-corrected chi connectivity index (χ4v) is 2.33. The molecule has 0 spiro atoms. The minimum atomic E-state index is -0.303. The number of ether oxygens (including phenoxy) is 1. The van der Waals surface area contributed by atoms with E-state index in [9.17, 15) is 9.59 Å². The maximum Gasteiger partial charge on any atom is 0.310 e. The van der Waals surface area contributed by atoms with Gasteiger partial charge in [0.2, 0.25) is 0 Å². The number of hydrogen-bond acceptors (Lipinski definition) is 3. The summed E-state index contributed by atoms with van der Waals surface area (Å²) in [7, 11) is 0. The molecule has 3 nitrogen and oxygen atoms in total. The number of carbonyl (C=O) groups is 2. The number of aldehydes is 1. The van der Waals surface area contributed by atoms with Gasteiger partial charge in [-0.3, -0.25) is 4.79 Å². The van der Waals surface area contributed by atoms with Gasteiger partial charge in [-0.15, -0.1) is 0 Å². The summed E-state index contributed by atoms with van der Waals surface area (Å²) in [5, 5.41) is 0.648. The number of hydrogen-bond donors (Lipinski definition) is 0. The van der Waals surface area contributed by atoms with Crippen LogP contribution in [0.3, 0.4) is 0 Å². The van der Waals surface area contributed by atoms with E-state index in [4.69, 9.17) is 16.3 Å². The molecule has 1 aromatic rings. The van der Waals surface area contributed by atoms with Crippen LogP contribution < -0.4 is 0 Å². The molecular weight excluding hydrogens is 252 g/mol. The van der Waals surface area contributed by atoms with Crippen molar-refractivity contribution in [2.24, 2.45) is 17.3 Å². The van der Waals surface area contributed by atoms with E-state index in [1.165, 1.54) is 0 Å². The second-order valence-electron chi connectivity index (χ2n) is 5.20. The first kappa shape index (κ1) is 13.1. The van der Waals surface area contributed by atoms with Crippen LogP contribution in [0.4, 0.5) is 0 Å². The Kier molecular flexibility index (Phi) is 3.44. The first-order chi connectivity index (χ1) is 8.46. The van der Waals surface area contributed by atoms with Crippen molar-refractivity contribution < 1.29 is 14.3 Å². The topological polar surface area (TPSA) is 43.4 Å². The van der Waals surface area contributed by atoms with Crippen molar-refractivity contribution in [3.63, 3.8) is 0 Å². The summed E-state index contributed by atoms with van der Waals surface area (Å²) < 4.78 is 5.22. The van der Waals surface area contributed by atoms with E-state index < -0.39 is 0 Å². The Morgan fingerprint density at radius 3 is 2.50 bits per heavy atom. The molecular formula is C14H15ClO3. The van der Waals surface area contributed by atoms with E-state index in [0.29, 0.717) is 5.02 Å². The van der Waals surface area contributed by atoms with Crippen LogP contribution in [0, 0.1) is 17.3 Å². The van der Waals surface area contributed by atoms with Crippen LogP contribution in [0.1, 0.15) is 19.4 Å². The van der Waals surface area contributed by atoms with Crippen molar-refractivity contribution in [1.29, 1.82) is 0 Å². The van der Waals surface area contributed by atoms with Crippen molar-refractivity contribution in [2.75, 3.05) is 0 Å². The minimum absolute atomic E-state index is 0.213. The fourth-order valence-electron chi connectivity index (χ4n) is 2.21. The largest absolute Gasteiger partial charge is 0.461 e. The highest BCUT2D eigenvalue weighted by Gasteiger charge is 2.62. The van der Waals surface area contributed by atoms with Gasteiger partial charge in [-0.25, -0.2) is 0 Å². The highest BCUT2D eigenvalue weighted by Crippen LogP contribution is 2.57. The molecule has 0 radical (unpaired) electrons. The lowest BCUT2D eigenvalue weighted by Gasteiger charge is -2.05. The molecule has 96 valence electrons. The Bertz CT molecular complexity index is 464. The standard InChI is InChI=1S/C14H15ClO3/c1-14(2)11(7-16)12(14)13(17)18-8-9-3-5-10(15)6-4-9/h3-7,11-12H,8H2,1-2H3. The Morgan fingerprint density at radius 2 is 2.00 bits per heavy atom. The molecule has 1 aromatic carbocycles. The van der Waals surface area contributed by atoms with Crippen LogP contribution in [0.15, 0.2) is 24.3 Å². The van der Waals surface area contributed by atoms with Crippen molar-refractivity contribution in [3.8, 4) is 0 Å². The second kappa shape index (κ2) is 4.73. The van der Waals surface area contributed by atoms with Gasteiger partial charge in [-0.2, -0.15) is 0 Å². The highest BCUT2D eigenvalue weighted by molar-refractivity contribution is 6.30. The Hall–Kier alpha value is -1.35. The zero-order valence-electron chi connectivity index (χ0n) is 10.4. The van der Waals surface area contributed by atoms with E-state index in [-0.39, 0.29) is 29.8 Å². The van der Waals surface area contributed by atoms with Gasteiger partial charge in [0.25, 0.3) is 0 Å². The van der Waals surface area contributed by atoms with Gasteiger partial charge < -0.3 is 9.53 Å². The molecule has 2 rings (SSSR count). The molecule has 2 atom stereocenters. The molecule has 0 bridgehead atoms. The summed E-state index contributed by atoms with van der Waals surface area (Å²) in [4.78, 5) is 22.6. The molecule has 1 saturated carbocycles. The average molecular weight is 267 g/mol. The highest BCUT2D eigenvalue weighted by atomic mass is 35.5. The van der Waals surface area contributed by atoms with E-state index in [1.54, 1.807) is 12.1 Å². The van der Waals surface area contributed by atoms with Gasteiger partial charge in [0.05, 0.1) is 5.92 Å². The van der Waals surface area contributed by atoms with Gasteiger partial charge in [0.1, 0.15) is 12.9 Å². The fraction of sp³-hybridized carbons (Fsp3) is 0.429. The Balaban J connectivity index is 1.90. The molecule has 0 heterocycles. The molecule has 0 N–H and O–H groups in total. The van der Waals surface area contributed by atoms with Gasteiger partial charge >= 0.3 is 5.97 Å². The number of carbonyl (C=O) groups excluding carboxylic acids is 2. The molecule has 4 heteroatoms. The Labute approximate surface area is 111 Å². The van der Waals surface area contributed by atoms with Crippen LogP contribution in [0.2, 0.25) is 5.02 Å². The lowest BCUT2D eigenvalue weighted by molar-refractivity contribution is -0.147. The summed E-state index contributed by atoms with van der Waals surface area (Å²) in [6.07, 6.45) is 0.841. The minimum Gasteiger partial charge on any atom is -0.461 e. The second-order valence-corrected chi connectivity index (χ2v) is 5.63. The number of esters is 1. The monoisotopic (exact) mass is 266 g/mol. The maximum absolute atomic E-state index is 11.8. The van der Waals surface area contributed by atoms with Gasteiger partial charge in [-0.1, -0.05) is 37.6 Å². The molecule has 0 aliphatic heterocycles. The summed E-state index contributed by atoms with van der Waals surface area (Å²) >= 11 is 5.76. The molecule has 0 aromatic heterocycles. The summed E-state index contributed by atoms with van der Waals surface area (Å²) in [6.45, 7) is 4.02. The van der Waals surface area contributed by atoms with Gasteiger partial charge in [0.15, 0.2) is 0 Å². The van der Waals surface area contributed by atoms with E-state index in [1.807, 2.05) is 26.0 Å². The van der Waals surface area contributed by atoms with Crippen molar-refractivity contribution in [2.45, 2.75) is 20.5 Å². The third-order valence-electron chi connectivity index (χ3n) is 3.61. The quantitative estimate of drug-likeness (QED) is 0.622. The van der Waals surface area contributed by atoms with Crippen LogP contribution in [-0.4, -0.2) is 12.3 Å². The maximum atomic E-state index is 11.8. The van der Waals surface area contributed by atoms with E-state index in [2.05, 4.69) is 0 Å². The van der Waals surface area contributed by atoms with Gasteiger partial charge in [0, 0.05) is 10.9 Å². The molecule has 0 amide bonds. The van der Waals surface area contributed by atoms with E-state index >= 15 is 0 Å². The molecule has 2 unspecified atom stereocenters. The molecule has 1 aliphatic carbocycles. The Morgan fingerprint density at radius 1 is 1.39 bits per heavy atom. The SMILES string of the molecule is CC1(C)C(C=O)C1C(=O)OCc1ccc(Cl)cc1. The van der Waals surface area contributed by atoms with Crippen molar-refractivity contribution in [3.05, 3.63) is 34.9 Å². The number of rotatable bonds is 4. The van der Waals surface area contributed by atoms with Crippen LogP contribution in [0.5, 0.6) is 0 Å². The summed E-state index contributed by atoms with van der Waals surface area (Å²) in [5.41, 5.74) is 0.618. The number of halogens is 1. The first-order valence-electron chi connectivity index (χ1n) is 5.83. The zero-order valence-corrected chi connectivity index (χ0v) is 11.1. The smallest absolute Gasteiger partial charge is 0.310 e. The lowest BCUT2D eigenvalue weighted by atomic mass is 10.1. The van der Waals surface area contributed by atoms with Crippen LogP contribution in [-0.2, 0) is 20.9 Å². The summed E-state index contributed by atoms with van der Waals surface area (Å²) in [6, 6.07) is 7.12. The third-order valence-corrected chi connectivity index (χ3v) is 3.86. The predicted molar refractivity (Wildman–Crippen MR) is 68.1 cm³/mol. The van der Waals surface area contributed by atoms with Crippen LogP contribution in [0.25, 0.3) is 0 Å². The molecule has 0 saturated heterocycles. The molecule has 1 aliphatic rings. The predicted octanol–water partition coefficient (Wildman–Crippen LogP) is 2.85. The van der Waals surface area contributed by atoms with Crippen molar-refractivity contribution in [1.82, 2.24) is 0 Å². The normalized spacial score (nSPS) is 24.4. The van der Waals surface area contributed by atoms with Gasteiger partial charge in [-0.05, 0) is 23.1 Å². The van der Waals surface area contributed by atoms with E-state index in [0.717, 1.165) is 11.8 Å². The first-order valence-corrected chi connectivity index (χ1v) is 6.21. The lowest BCUT2D eigenvalue weighted by Crippen LogP contribution is -2.10. The molecule has 1 fully saturated rings. The summed E-state index contributed by atoms with van der Waals surface area (Å²) in [5.74, 6) is -0.815. The average Bonchev–Trinajstić information content (AvgIpc) is 2.90. The van der Waals surface area contributed by atoms with Crippen LogP contribution >= 0.6 is 11.6 Å². The zero-order chi connectivity index (χ0) is 13.3. The van der Waals surface area contributed by atoms with Crippen molar-refractivity contribution >= 4 is 23.9 Å². The molecule has 18 heavy (non-hydrogen) atoms. The third kappa shape index (κ3) is 2.41. The number of benzene rings is 1.